The highest BCUT2D eigenvalue weighted by atomic mass is 35.5. The highest BCUT2D eigenvalue weighted by Gasteiger charge is 2.24. The van der Waals surface area contributed by atoms with Gasteiger partial charge in [-0.3, -0.25) is 4.68 Å². The fourth-order valence-corrected chi connectivity index (χ4v) is 3.57. The van der Waals surface area contributed by atoms with Crippen molar-refractivity contribution in [2.24, 2.45) is 0 Å². The molecule has 3 N–H and O–H groups in total. The lowest BCUT2D eigenvalue weighted by molar-refractivity contribution is 0.567. The summed E-state index contributed by atoms with van der Waals surface area (Å²) in [6.07, 6.45) is 1.41. The van der Waals surface area contributed by atoms with Crippen molar-refractivity contribution in [3.8, 4) is 0 Å². The molecule has 0 spiro atoms. The molecule has 0 bridgehead atoms. The molecule has 0 aliphatic carbocycles. The van der Waals surface area contributed by atoms with Gasteiger partial charge >= 0.3 is 0 Å². The Morgan fingerprint density at radius 2 is 2.10 bits per heavy atom. The number of nitrogens with one attached hydrogen (secondary N) is 1. The van der Waals surface area contributed by atoms with Crippen LogP contribution in [0.15, 0.2) is 35.4 Å². The molecule has 6 nitrogen and oxygen atoms in total. The first-order chi connectivity index (χ1) is 9.85. The van der Waals surface area contributed by atoms with E-state index < -0.39 is 16.1 Å². The number of hydrogen-bond donors (Lipinski definition) is 2. The zero-order valence-corrected chi connectivity index (χ0v) is 13.3. The molecule has 2 aromatic rings. The lowest BCUT2D eigenvalue weighted by atomic mass is 10.1. The quantitative estimate of drug-likeness (QED) is 0.880. The molecule has 0 saturated carbocycles. The van der Waals surface area contributed by atoms with Gasteiger partial charge < -0.3 is 5.73 Å². The Labute approximate surface area is 129 Å². The Bertz CT molecular complexity index is 742. The minimum atomic E-state index is -3.76. The third-order valence-corrected chi connectivity index (χ3v) is 4.97. The van der Waals surface area contributed by atoms with Crippen LogP contribution in [0.5, 0.6) is 0 Å². The van der Waals surface area contributed by atoms with E-state index in [2.05, 4.69) is 9.82 Å². The van der Waals surface area contributed by atoms with Crippen LogP contribution in [-0.4, -0.2) is 18.2 Å². The second-order valence-electron chi connectivity index (χ2n) is 4.60. The van der Waals surface area contributed by atoms with Gasteiger partial charge in [0.2, 0.25) is 10.0 Å². The number of hydrogen-bond acceptors (Lipinski definition) is 4. The van der Waals surface area contributed by atoms with Gasteiger partial charge in [0.1, 0.15) is 4.90 Å². The largest absolute Gasteiger partial charge is 0.381 e. The molecule has 0 amide bonds. The molecular formula is C13H17ClN4O2S. The Morgan fingerprint density at radius 3 is 2.67 bits per heavy atom. The van der Waals surface area contributed by atoms with Crippen LogP contribution < -0.4 is 10.5 Å². The molecule has 0 aliphatic heterocycles. The average Bonchev–Trinajstić information content (AvgIpc) is 2.81. The van der Waals surface area contributed by atoms with E-state index in [1.54, 1.807) is 31.2 Å². The number of benzene rings is 1. The molecule has 8 heteroatoms. The number of aromatic nitrogens is 2. The Balaban J connectivity index is 2.29. The van der Waals surface area contributed by atoms with Crippen LogP contribution in [0.2, 0.25) is 5.02 Å². The van der Waals surface area contributed by atoms with E-state index in [1.165, 1.54) is 10.9 Å². The van der Waals surface area contributed by atoms with Gasteiger partial charge in [-0.25, -0.2) is 13.1 Å². The predicted octanol–water partition coefficient (Wildman–Crippen LogP) is 2.18. The maximum Gasteiger partial charge on any atom is 0.246 e. The molecular weight excluding hydrogens is 312 g/mol. The molecule has 0 fully saturated rings. The molecule has 0 aliphatic rings. The monoisotopic (exact) mass is 328 g/mol. The topological polar surface area (TPSA) is 90.0 Å². The SMILES string of the molecule is CCn1cc(S(=O)(=O)NC(C)c2ccccc2Cl)c(N)n1. The van der Waals surface area contributed by atoms with Gasteiger partial charge in [0.15, 0.2) is 5.82 Å². The highest BCUT2D eigenvalue weighted by Crippen LogP contribution is 2.25. The van der Waals surface area contributed by atoms with Crippen molar-refractivity contribution in [2.75, 3.05) is 5.73 Å². The van der Waals surface area contributed by atoms with E-state index in [0.29, 0.717) is 17.1 Å². The summed E-state index contributed by atoms with van der Waals surface area (Å²) in [7, 11) is -3.76. The third-order valence-electron chi connectivity index (χ3n) is 3.07. The van der Waals surface area contributed by atoms with Crippen LogP contribution in [-0.2, 0) is 16.6 Å². The molecule has 1 aromatic carbocycles. The second kappa shape index (κ2) is 6.05. The van der Waals surface area contributed by atoms with E-state index in [9.17, 15) is 8.42 Å². The molecule has 21 heavy (non-hydrogen) atoms. The number of nitrogens with two attached hydrogens (primary N) is 1. The minimum absolute atomic E-state index is 0.0179. The van der Waals surface area contributed by atoms with Crippen molar-refractivity contribution in [3.05, 3.63) is 41.0 Å². The van der Waals surface area contributed by atoms with Crippen molar-refractivity contribution >= 4 is 27.4 Å². The summed E-state index contributed by atoms with van der Waals surface area (Å²) < 4.78 is 28.8. The van der Waals surface area contributed by atoms with Crippen molar-refractivity contribution < 1.29 is 8.42 Å². The molecule has 0 saturated heterocycles. The van der Waals surface area contributed by atoms with Crippen LogP contribution in [0, 0.1) is 0 Å². The van der Waals surface area contributed by atoms with Crippen LogP contribution >= 0.6 is 11.6 Å². The number of anilines is 1. The van der Waals surface area contributed by atoms with Crippen LogP contribution in [0.4, 0.5) is 5.82 Å². The normalized spacial score (nSPS) is 13.3. The number of rotatable bonds is 5. The summed E-state index contributed by atoms with van der Waals surface area (Å²) in [6, 6.07) is 6.60. The zero-order chi connectivity index (χ0) is 15.6. The Kier molecular flexibility index (Phi) is 4.55. The number of nitrogen functional groups attached to an aromatic ring is 1. The van der Waals surface area contributed by atoms with Gasteiger partial charge in [0, 0.05) is 23.8 Å². The summed E-state index contributed by atoms with van der Waals surface area (Å²) in [5.41, 5.74) is 6.37. The first kappa shape index (κ1) is 15.8. The predicted molar refractivity (Wildman–Crippen MR) is 82.5 cm³/mol. The minimum Gasteiger partial charge on any atom is -0.381 e. The first-order valence-corrected chi connectivity index (χ1v) is 8.31. The second-order valence-corrected chi connectivity index (χ2v) is 6.69. The Morgan fingerprint density at radius 1 is 1.43 bits per heavy atom. The lowest BCUT2D eigenvalue weighted by Gasteiger charge is -2.15. The standard InChI is InChI=1S/C13H17ClN4O2S/c1-3-18-8-12(13(15)16-18)21(19,20)17-9(2)10-6-4-5-7-11(10)14/h4-9,17H,3H2,1-2H3,(H2,15,16). The number of halogens is 1. The maximum atomic E-state index is 12.4. The van der Waals surface area contributed by atoms with Crippen LogP contribution in [0.1, 0.15) is 25.5 Å². The van der Waals surface area contributed by atoms with E-state index in [-0.39, 0.29) is 10.7 Å². The molecule has 1 aromatic heterocycles. The Hall–Kier alpha value is -1.57. The smallest absolute Gasteiger partial charge is 0.246 e. The summed E-state index contributed by atoms with van der Waals surface area (Å²) in [6.45, 7) is 4.11. The van der Waals surface area contributed by atoms with Gasteiger partial charge in [-0.2, -0.15) is 5.10 Å². The summed E-state index contributed by atoms with van der Waals surface area (Å²) in [5.74, 6) is -0.0179. The van der Waals surface area contributed by atoms with E-state index in [1.807, 2.05) is 6.92 Å². The molecule has 1 atom stereocenters. The average molecular weight is 329 g/mol. The lowest BCUT2D eigenvalue weighted by Crippen LogP contribution is -2.27. The summed E-state index contributed by atoms with van der Waals surface area (Å²) in [4.78, 5) is -0.0248. The number of sulfonamides is 1. The molecule has 1 unspecified atom stereocenters. The number of nitrogens with zero attached hydrogens (tertiary/aromatic N) is 2. The zero-order valence-electron chi connectivity index (χ0n) is 11.7. The van der Waals surface area contributed by atoms with Crippen LogP contribution in [0.3, 0.4) is 0 Å². The third kappa shape index (κ3) is 3.37. The summed E-state index contributed by atoms with van der Waals surface area (Å²) >= 11 is 6.08. The van der Waals surface area contributed by atoms with E-state index in [4.69, 9.17) is 17.3 Å². The van der Waals surface area contributed by atoms with Gasteiger partial charge in [-0.15, -0.1) is 0 Å². The van der Waals surface area contributed by atoms with E-state index >= 15 is 0 Å². The van der Waals surface area contributed by atoms with Crippen molar-refractivity contribution in [1.29, 1.82) is 0 Å². The van der Waals surface area contributed by atoms with Crippen molar-refractivity contribution in [2.45, 2.75) is 31.3 Å². The molecule has 114 valence electrons. The first-order valence-electron chi connectivity index (χ1n) is 6.45. The van der Waals surface area contributed by atoms with Gasteiger partial charge in [0.25, 0.3) is 0 Å². The van der Waals surface area contributed by atoms with Gasteiger partial charge in [-0.1, -0.05) is 29.8 Å². The highest BCUT2D eigenvalue weighted by molar-refractivity contribution is 7.89. The fourth-order valence-electron chi connectivity index (χ4n) is 1.97. The number of aryl methyl sites for hydroxylation is 1. The fraction of sp³-hybridized carbons (Fsp3) is 0.308. The summed E-state index contributed by atoms with van der Waals surface area (Å²) in [5, 5.41) is 4.45. The van der Waals surface area contributed by atoms with Gasteiger partial charge in [0.05, 0.1) is 0 Å². The molecule has 2 rings (SSSR count). The van der Waals surface area contributed by atoms with Crippen molar-refractivity contribution in [1.82, 2.24) is 14.5 Å². The van der Waals surface area contributed by atoms with Crippen molar-refractivity contribution in [3.63, 3.8) is 0 Å². The van der Waals surface area contributed by atoms with E-state index in [0.717, 1.165) is 0 Å². The molecule has 0 radical (unpaired) electrons. The maximum absolute atomic E-state index is 12.4. The molecule has 1 heterocycles. The van der Waals surface area contributed by atoms with Gasteiger partial charge in [-0.05, 0) is 25.5 Å². The van der Waals surface area contributed by atoms with Crippen LogP contribution in [0.25, 0.3) is 0 Å².